The van der Waals surface area contributed by atoms with Crippen molar-refractivity contribution in [3.05, 3.63) is 77.2 Å². The number of hydrogen-bond donors (Lipinski definition) is 2. The van der Waals surface area contributed by atoms with Crippen molar-refractivity contribution in [1.82, 2.24) is 9.97 Å². The number of nitrogens with zero attached hydrogens (tertiary/aromatic N) is 2. The van der Waals surface area contributed by atoms with Crippen LogP contribution in [0.2, 0.25) is 0 Å². The third-order valence-electron chi connectivity index (χ3n) is 4.20. The smallest absolute Gasteiger partial charge is 0.339 e. The molecule has 28 heavy (non-hydrogen) atoms. The summed E-state index contributed by atoms with van der Waals surface area (Å²) in [6, 6.07) is 10.2. The molecule has 5 nitrogen and oxygen atoms in total. The lowest BCUT2D eigenvalue weighted by molar-refractivity contribution is -0.137. The fraction of sp³-hybridized carbons (Fsp3) is 0.150. The van der Waals surface area contributed by atoms with Crippen LogP contribution in [0.4, 0.5) is 30.4 Å². The average molecular weight is 386 g/mol. The number of rotatable bonds is 4. The summed E-state index contributed by atoms with van der Waals surface area (Å²) in [5, 5.41) is 5.52. The summed E-state index contributed by atoms with van der Waals surface area (Å²) in [4.78, 5) is 20.4. The Morgan fingerprint density at radius 2 is 1.75 bits per heavy atom. The van der Waals surface area contributed by atoms with E-state index in [1.54, 1.807) is 0 Å². The minimum absolute atomic E-state index is 0.0103. The van der Waals surface area contributed by atoms with Crippen molar-refractivity contribution in [3.8, 4) is 0 Å². The average Bonchev–Trinajstić information content (AvgIpc) is 2.65. The van der Waals surface area contributed by atoms with Crippen LogP contribution in [-0.4, -0.2) is 15.9 Å². The first-order chi connectivity index (χ1) is 13.2. The van der Waals surface area contributed by atoms with E-state index in [4.69, 9.17) is 0 Å². The highest BCUT2D eigenvalue weighted by molar-refractivity contribution is 6.02. The van der Waals surface area contributed by atoms with Crippen LogP contribution >= 0.6 is 0 Å². The van der Waals surface area contributed by atoms with Gasteiger partial charge in [0.05, 0.1) is 18.0 Å². The first-order valence-corrected chi connectivity index (χ1v) is 8.38. The van der Waals surface area contributed by atoms with Crippen molar-refractivity contribution in [2.24, 2.45) is 0 Å². The van der Waals surface area contributed by atoms with Crippen LogP contribution < -0.4 is 10.6 Å². The van der Waals surface area contributed by atoms with Crippen LogP contribution in [0.25, 0.3) is 0 Å². The highest BCUT2D eigenvalue weighted by Gasteiger charge is 2.30. The molecule has 1 aromatic heterocycles. The number of alkyl halides is 3. The van der Waals surface area contributed by atoms with E-state index in [1.165, 1.54) is 24.5 Å². The second kappa shape index (κ2) is 7.67. The molecule has 0 aliphatic heterocycles. The van der Waals surface area contributed by atoms with Crippen molar-refractivity contribution in [3.63, 3.8) is 0 Å². The number of halogens is 3. The molecule has 0 saturated heterocycles. The molecule has 0 spiro atoms. The molecule has 2 N–H and O–H groups in total. The maximum absolute atomic E-state index is 12.8. The predicted octanol–water partition coefficient (Wildman–Crippen LogP) is 5.11. The number of anilines is 3. The molecule has 0 saturated carbocycles. The number of carbonyl (C=O) groups is 1. The SMILES string of the molecule is Cc1cccc(Nc2cnc(C(=O)Nc3cccc(C(F)(F)F)c3)cn2)c1C. The van der Waals surface area contributed by atoms with E-state index in [9.17, 15) is 18.0 Å². The van der Waals surface area contributed by atoms with Crippen LogP contribution in [0.1, 0.15) is 27.2 Å². The summed E-state index contributed by atoms with van der Waals surface area (Å²) in [7, 11) is 0. The van der Waals surface area contributed by atoms with Gasteiger partial charge in [0.15, 0.2) is 0 Å². The lowest BCUT2D eigenvalue weighted by atomic mass is 10.1. The third-order valence-corrected chi connectivity index (χ3v) is 4.20. The molecule has 2 aromatic carbocycles. The molecule has 0 unspecified atom stereocenters. The van der Waals surface area contributed by atoms with Crippen LogP contribution in [0.5, 0.6) is 0 Å². The molecule has 0 aliphatic rings. The van der Waals surface area contributed by atoms with Gasteiger partial charge >= 0.3 is 6.18 Å². The largest absolute Gasteiger partial charge is 0.416 e. The molecule has 3 rings (SSSR count). The van der Waals surface area contributed by atoms with E-state index in [0.717, 1.165) is 28.9 Å². The third kappa shape index (κ3) is 4.46. The Labute approximate surface area is 159 Å². The molecule has 1 heterocycles. The topological polar surface area (TPSA) is 66.9 Å². The molecule has 1 amide bonds. The number of hydrogen-bond acceptors (Lipinski definition) is 4. The van der Waals surface area contributed by atoms with Gasteiger partial charge in [-0.25, -0.2) is 9.97 Å². The zero-order chi connectivity index (χ0) is 20.3. The van der Waals surface area contributed by atoms with Gasteiger partial charge in [-0.3, -0.25) is 4.79 Å². The monoisotopic (exact) mass is 386 g/mol. The predicted molar refractivity (Wildman–Crippen MR) is 101 cm³/mol. The Hall–Kier alpha value is -3.42. The van der Waals surface area contributed by atoms with Crippen LogP contribution in [-0.2, 0) is 6.18 Å². The fourth-order valence-corrected chi connectivity index (χ4v) is 2.50. The van der Waals surface area contributed by atoms with Gasteiger partial charge in [-0.15, -0.1) is 0 Å². The van der Waals surface area contributed by atoms with Gasteiger partial charge in [-0.05, 0) is 49.2 Å². The summed E-state index contributed by atoms with van der Waals surface area (Å²) >= 11 is 0. The van der Waals surface area contributed by atoms with Gasteiger partial charge in [-0.2, -0.15) is 13.2 Å². The second-order valence-corrected chi connectivity index (χ2v) is 6.19. The first-order valence-electron chi connectivity index (χ1n) is 8.38. The van der Waals surface area contributed by atoms with Crippen molar-refractivity contribution in [2.45, 2.75) is 20.0 Å². The summed E-state index contributed by atoms with van der Waals surface area (Å²) in [6.07, 6.45) is -1.83. The number of carbonyl (C=O) groups excluding carboxylic acids is 1. The van der Waals surface area contributed by atoms with Gasteiger partial charge in [0.2, 0.25) is 0 Å². The van der Waals surface area contributed by atoms with Crippen molar-refractivity contribution in [2.75, 3.05) is 10.6 Å². The summed E-state index contributed by atoms with van der Waals surface area (Å²) in [5.74, 6) is -0.200. The van der Waals surface area contributed by atoms with E-state index >= 15 is 0 Å². The maximum atomic E-state index is 12.8. The van der Waals surface area contributed by atoms with Crippen LogP contribution in [0, 0.1) is 13.8 Å². The molecule has 0 radical (unpaired) electrons. The minimum Gasteiger partial charge on any atom is -0.339 e. The molecule has 3 aromatic rings. The standard InChI is InChI=1S/C20H17F3N4O/c1-12-5-3-8-16(13(12)2)27-18-11-24-17(10-25-18)19(28)26-15-7-4-6-14(9-15)20(21,22)23/h3-11H,1-2H3,(H,25,27)(H,26,28). The van der Waals surface area contributed by atoms with Crippen molar-refractivity contribution in [1.29, 1.82) is 0 Å². The van der Waals surface area contributed by atoms with Crippen molar-refractivity contribution >= 4 is 23.1 Å². The highest BCUT2D eigenvalue weighted by atomic mass is 19.4. The van der Waals surface area contributed by atoms with E-state index in [1.807, 2.05) is 32.0 Å². The van der Waals surface area contributed by atoms with Crippen LogP contribution in [0.15, 0.2) is 54.9 Å². The highest BCUT2D eigenvalue weighted by Crippen LogP contribution is 2.30. The van der Waals surface area contributed by atoms with Gasteiger partial charge in [0, 0.05) is 11.4 Å². The van der Waals surface area contributed by atoms with E-state index in [2.05, 4.69) is 20.6 Å². The van der Waals surface area contributed by atoms with E-state index < -0.39 is 17.6 Å². The lowest BCUT2D eigenvalue weighted by Gasteiger charge is -2.11. The molecule has 0 fully saturated rings. The molecule has 0 aliphatic carbocycles. The summed E-state index contributed by atoms with van der Waals surface area (Å²) in [6.45, 7) is 3.97. The number of aromatic nitrogens is 2. The Morgan fingerprint density at radius 1 is 1.00 bits per heavy atom. The maximum Gasteiger partial charge on any atom is 0.416 e. The molecule has 0 atom stereocenters. The number of nitrogens with one attached hydrogen (secondary N) is 2. The fourth-order valence-electron chi connectivity index (χ4n) is 2.50. The number of amides is 1. The second-order valence-electron chi connectivity index (χ2n) is 6.19. The van der Waals surface area contributed by atoms with E-state index in [-0.39, 0.29) is 11.4 Å². The van der Waals surface area contributed by atoms with Gasteiger partial charge in [0.1, 0.15) is 11.5 Å². The van der Waals surface area contributed by atoms with Gasteiger partial charge in [-0.1, -0.05) is 18.2 Å². The minimum atomic E-state index is -4.48. The molecule has 0 bridgehead atoms. The quantitative estimate of drug-likeness (QED) is 0.654. The molecular formula is C20H17F3N4O. The van der Waals surface area contributed by atoms with E-state index in [0.29, 0.717) is 5.82 Å². The van der Waals surface area contributed by atoms with Crippen molar-refractivity contribution < 1.29 is 18.0 Å². The molecule has 8 heteroatoms. The zero-order valence-corrected chi connectivity index (χ0v) is 15.1. The Kier molecular flexibility index (Phi) is 5.30. The lowest BCUT2D eigenvalue weighted by Crippen LogP contribution is -2.15. The Bertz CT molecular complexity index is 1000. The molecule has 144 valence electrons. The first kappa shape index (κ1) is 19.3. The van der Waals surface area contributed by atoms with Gasteiger partial charge in [0.25, 0.3) is 5.91 Å². The van der Waals surface area contributed by atoms with Crippen LogP contribution in [0.3, 0.4) is 0 Å². The zero-order valence-electron chi connectivity index (χ0n) is 15.1. The summed E-state index contributed by atoms with van der Waals surface area (Å²) < 4.78 is 38.3. The normalized spacial score (nSPS) is 11.2. The Morgan fingerprint density at radius 3 is 2.43 bits per heavy atom. The Balaban J connectivity index is 1.71. The number of benzene rings is 2. The molecular weight excluding hydrogens is 369 g/mol. The number of aryl methyl sites for hydroxylation is 1. The summed E-state index contributed by atoms with van der Waals surface area (Å²) in [5.41, 5.74) is 2.23. The van der Waals surface area contributed by atoms with Gasteiger partial charge < -0.3 is 10.6 Å².